The summed E-state index contributed by atoms with van der Waals surface area (Å²) in [5.41, 5.74) is 0.711. The van der Waals surface area contributed by atoms with Crippen LogP contribution in [-0.2, 0) is 5.60 Å². The van der Waals surface area contributed by atoms with E-state index in [0.29, 0.717) is 5.75 Å². The summed E-state index contributed by atoms with van der Waals surface area (Å²) in [5, 5.41) is 12.1. The Morgan fingerprint density at radius 1 is 1.23 bits per heavy atom. The van der Waals surface area contributed by atoms with Crippen LogP contribution in [0.15, 0.2) is 47.6 Å². The van der Waals surface area contributed by atoms with Gasteiger partial charge in [-0.3, -0.25) is 4.98 Å². The van der Waals surface area contributed by atoms with Crippen molar-refractivity contribution in [2.45, 2.75) is 38.2 Å². The fourth-order valence-corrected chi connectivity index (χ4v) is 3.94. The van der Waals surface area contributed by atoms with Gasteiger partial charge in [0.2, 0.25) is 0 Å². The second-order valence-corrected chi connectivity index (χ2v) is 8.00. The fraction of sp³-hybridized carbons (Fsp3) is 0.389. The maximum absolute atomic E-state index is 11.3. The predicted molar refractivity (Wildman–Crippen MR) is 94.5 cm³/mol. The Hall–Kier alpha value is -1.03. The predicted octanol–water partition coefficient (Wildman–Crippen LogP) is 5.07. The monoisotopic (exact) mass is 335 g/mol. The van der Waals surface area contributed by atoms with Crippen LogP contribution >= 0.6 is 23.4 Å². The van der Waals surface area contributed by atoms with Crippen molar-refractivity contribution >= 4 is 23.4 Å². The first-order valence-electron chi connectivity index (χ1n) is 7.26. The van der Waals surface area contributed by atoms with Crippen molar-refractivity contribution in [3.05, 3.63) is 58.9 Å². The number of halogens is 1. The Kier molecular flexibility index (Phi) is 5.21. The summed E-state index contributed by atoms with van der Waals surface area (Å²) in [6.45, 7) is 8.19. The van der Waals surface area contributed by atoms with Gasteiger partial charge in [-0.1, -0.05) is 38.4 Å². The molecule has 0 spiro atoms. The van der Waals surface area contributed by atoms with Gasteiger partial charge in [-0.2, -0.15) is 0 Å². The minimum absolute atomic E-state index is 0.302. The van der Waals surface area contributed by atoms with Crippen LogP contribution in [0.1, 0.15) is 31.9 Å². The molecule has 0 fully saturated rings. The third-order valence-corrected chi connectivity index (χ3v) is 5.52. The zero-order chi connectivity index (χ0) is 16.4. The lowest BCUT2D eigenvalue weighted by molar-refractivity contribution is -0.0425. The number of aryl methyl sites for hydroxylation is 1. The van der Waals surface area contributed by atoms with Crippen molar-refractivity contribution < 1.29 is 5.11 Å². The van der Waals surface area contributed by atoms with E-state index in [2.05, 4.69) is 25.8 Å². The molecule has 0 radical (unpaired) electrons. The first kappa shape index (κ1) is 17.3. The van der Waals surface area contributed by atoms with Gasteiger partial charge < -0.3 is 5.11 Å². The molecular formula is C18H22ClNOS. The van der Waals surface area contributed by atoms with Crippen LogP contribution in [0.2, 0.25) is 5.02 Å². The number of aliphatic hydroxyl groups is 1. The quantitative estimate of drug-likeness (QED) is 0.792. The number of hydrogen-bond acceptors (Lipinski definition) is 3. The number of nitrogens with zero attached hydrogens (tertiary/aromatic N) is 1. The van der Waals surface area contributed by atoms with Crippen LogP contribution in [-0.4, -0.2) is 15.8 Å². The van der Waals surface area contributed by atoms with E-state index in [1.165, 1.54) is 0 Å². The summed E-state index contributed by atoms with van der Waals surface area (Å²) in [7, 11) is 0. The van der Waals surface area contributed by atoms with E-state index in [1.54, 1.807) is 24.2 Å². The van der Waals surface area contributed by atoms with Crippen molar-refractivity contribution in [1.29, 1.82) is 0 Å². The SMILES string of the molecule is Cc1cc(Cl)ccc1SCC(O)(c1cccnc1)C(C)(C)C. The highest BCUT2D eigenvalue weighted by Gasteiger charge is 2.41. The van der Waals surface area contributed by atoms with Crippen LogP contribution in [0, 0.1) is 12.3 Å². The number of benzene rings is 1. The Labute approximate surface area is 141 Å². The van der Waals surface area contributed by atoms with E-state index in [4.69, 9.17) is 11.6 Å². The third kappa shape index (κ3) is 3.65. The Balaban J connectivity index is 2.29. The molecule has 0 amide bonds. The molecule has 2 rings (SSSR count). The van der Waals surface area contributed by atoms with Gasteiger partial charge in [0, 0.05) is 33.6 Å². The van der Waals surface area contributed by atoms with Gasteiger partial charge in [0.05, 0.1) is 0 Å². The van der Waals surface area contributed by atoms with Crippen LogP contribution in [0.25, 0.3) is 0 Å². The molecule has 0 saturated heterocycles. The standard InChI is InChI=1S/C18H22ClNOS/c1-13-10-15(19)7-8-16(13)22-12-18(21,17(2,3)4)14-6-5-9-20-11-14/h5-11,21H,12H2,1-4H3. The summed E-state index contributed by atoms with van der Waals surface area (Å²) in [4.78, 5) is 5.30. The van der Waals surface area contributed by atoms with Gasteiger partial charge in [0.25, 0.3) is 0 Å². The highest BCUT2D eigenvalue weighted by Crippen LogP contribution is 2.43. The average Bonchev–Trinajstić information content (AvgIpc) is 2.45. The van der Waals surface area contributed by atoms with Gasteiger partial charge in [0.15, 0.2) is 0 Å². The molecule has 0 saturated carbocycles. The number of thioether (sulfide) groups is 1. The first-order valence-corrected chi connectivity index (χ1v) is 8.62. The Morgan fingerprint density at radius 2 is 1.95 bits per heavy atom. The fourth-order valence-electron chi connectivity index (χ4n) is 2.30. The van der Waals surface area contributed by atoms with Gasteiger partial charge in [-0.25, -0.2) is 0 Å². The molecule has 0 bridgehead atoms. The van der Waals surface area contributed by atoms with Gasteiger partial charge >= 0.3 is 0 Å². The zero-order valence-corrected chi connectivity index (χ0v) is 15.0. The number of pyridine rings is 1. The topological polar surface area (TPSA) is 33.1 Å². The lowest BCUT2D eigenvalue weighted by Gasteiger charge is -2.40. The van der Waals surface area contributed by atoms with Crippen molar-refractivity contribution in [3.63, 3.8) is 0 Å². The lowest BCUT2D eigenvalue weighted by Crippen LogP contribution is -2.42. The summed E-state index contributed by atoms with van der Waals surface area (Å²) in [6.07, 6.45) is 3.48. The minimum Gasteiger partial charge on any atom is -0.384 e. The highest BCUT2D eigenvalue weighted by molar-refractivity contribution is 7.99. The Morgan fingerprint density at radius 3 is 2.50 bits per heavy atom. The van der Waals surface area contributed by atoms with E-state index in [1.807, 2.05) is 37.3 Å². The van der Waals surface area contributed by atoms with Crippen LogP contribution < -0.4 is 0 Å². The number of hydrogen-bond donors (Lipinski definition) is 1. The molecular weight excluding hydrogens is 314 g/mol. The normalized spacial score (nSPS) is 14.6. The second-order valence-electron chi connectivity index (χ2n) is 6.55. The largest absolute Gasteiger partial charge is 0.384 e. The molecule has 1 atom stereocenters. The van der Waals surface area contributed by atoms with Gasteiger partial charge in [-0.15, -0.1) is 11.8 Å². The molecule has 0 aliphatic heterocycles. The smallest absolute Gasteiger partial charge is 0.105 e. The van der Waals surface area contributed by atoms with E-state index >= 15 is 0 Å². The summed E-state index contributed by atoms with van der Waals surface area (Å²) in [6, 6.07) is 9.65. The lowest BCUT2D eigenvalue weighted by atomic mass is 9.74. The maximum atomic E-state index is 11.3. The van der Waals surface area contributed by atoms with Crippen LogP contribution in [0.4, 0.5) is 0 Å². The molecule has 2 aromatic rings. The molecule has 2 nitrogen and oxygen atoms in total. The van der Waals surface area contributed by atoms with Crippen LogP contribution in [0.3, 0.4) is 0 Å². The molecule has 1 aromatic carbocycles. The average molecular weight is 336 g/mol. The minimum atomic E-state index is -0.960. The summed E-state index contributed by atoms with van der Waals surface area (Å²) < 4.78 is 0. The van der Waals surface area contributed by atoms with E-state index in [-0.39, 0.29) is 5.41 Å². The van der Waals surface area contributed by atoms with Crippen molar-refractivity contribution in [2.75, 3.05) is 5.75 Å². The van der Waals surface area contributed by atoms with Crippen molar-refractivity contribution in [1.82, 2.24) is 4.98 Å². The first-order chi connectivity index (χ1) is 10.2. The molecule has 0 aliphatic carbocycles. The second kappa shape index (κ2) is 6.61. The summed E-state index contributed by atoms with van der Waals surface area (Å²) >= 11 is 7.66. The third-order valence-electron chi connectivity index (χ3n) is 3.95. The maximum Gasteiger partial charge on any atom is 0.105 e. The van der Waals surface area contributed by atoms with Crippen molar-refractivity contribution in [2.24, 2.45) is 5.41 Å². The molecule has 0 aliphatic rings. The van der Waals surface area contributed by atoms with Crippen LogP contribution in [0.5, 0.6) is 0 Å². The zero-order valence-electron chi connectivity index (χ0n) is 13.4. The molecule has 1 heterocycles. The van der Waals surface area contributed by atoms with Gasteiger partial charge in [0.1, 0.15) is 5.60 Å². The molecule has 22 heavy (non-hydrogen) atoms. The highest BCUT2D eigenvalue weighted by atomic mass is 35.5. The molecule has 118 valence electrons. The summed E-state index contributed by atoms with van der Waals surface area (Å²) in [5.74, 6) is 0.560. The van der Waals surface area contributed by atoms with E-state index in [0.717, 1.165) is 21.0 Å². The molecule has 1 aromatic heterocycles. The Bertz CT molecular complexity index is 639. The van der Waals surface area contributed by atoms with E-state index < -0.39 is 5.60 Å². The van der Waals surface area contributed by atoms with Gasteiger partial charge in [-0.05, 0) is 42.2 Å². The number of aromatic nitrogens is 1. The molecule has 1 unspecified atom stereocenters. The molecule has 1 N–H and O–H groups in total. The molecule has 4 heteroatoms. The van der Waals surface area contributed by atoms with E-state index in [9.17, 15) is 5.11 Å². The number of rotatable bonds is 4. The van der Waals surface area contributed by atoms with Crippen molar-refractivity contribution in [3.8, 4) is 0 Å².